The largest absolute Gasteiger partial charge is 0.575 e. The van der Waals surface area contributed by atoms with E-state index in [0.717, 1.165) is 22.2 Å². The lowest BCUT2D eigenvalue weighted by molar-refractivity contribution is -0.663. The highest BCUT2D eigenvalue weighted by Gasteiger charge is 2.45. The smallest absolute Gasteiger partial charge is 0.338 e. The van der Waals surface area contributed by atoms with Crippen LogP contribution in [-0.2, 0) is 20.8 Å². The average molecular weight is 573 g/mol. The molecule has 0 radical (unpaired) electrons. The Labute approximate surface area is 250 Å². The Balaban J connectivity index is 1.62. The molecule has 2 atom stereocenters. The van der Waals surface area contributed by atoms with Gasteiger partial charge >= 0.3 is 5.97 Å². The van der Waals surface area contributed by atoms with Crippen LogP contribution >= 0.6 is 0 Å². The molecule has 0 fully saturated rings. The molecular weight excluding hydrogens is 540 g/mol. The number of cyclic esters (lactones) is 1. The summed E-state index contributed by atoms with van der Waals surface area (Å²) in [6, 6.07) is 33.3. The standard InChI is InChI=1S/C36H32N2O5/c1-24-18-20-26(21-19-24)30(31-34(40)42-36(2,3)43-35(31)41)32(33(39)27-14-8-5-9-15-27)38-23-37(22-25-12-6-4-7-13-25)28-16-10-11-17-29(28)38/h4-21,23,30,32H,22H2,1-3H3. The number of nitrogens with zero attached hydrogens (tertiary/aromatic N) is 2. The number of esters is 1. The molecule has 6 rings (SSSR count). The number of rotatable bonds is 8. The lowest BCUT2D eigenvalue weighted by Crippen LogP contribution is -2.43. The van der Waals surface area contributed by atoms with Gasteiger partial charge in [-0.25, -0.2) is 13.9 Å². The molecule has 7 heteroatoms. The monoisotopic (exact) mass is 572 g/mol. The van der Waals surface area contributed by atoms with E-state index in [4.69, 9.17) is 9.47 Å². The minimum absolute atomic E-state index is 0.218. The molecule has 5 aromatic rings. The van der Waals surface area contributed by atoms with Gasteiger partial charge < -0.3 is 14.6 Å². The summed E-state index contributed by atoms with van der Waals surface area (Å²) >= 11 is 0. The van der Waals surface area contributed by atoms with Gasteiger partial charge in [0.25, 0.3) is 0 Å². The maximum absolute atomic E-state index is 14.7. The van der Waals surface area contributed by atoms with Crippen molar-refractivity contribution in [1.29, 1.82) is 0 Å². The Morgan fingerprint density at radius 2 is 1.49 bits per heavy atom. The summed E-state index contributed by atoms with van der Waals surface area (Å²) in [6.45, 7) is 5.54. The van der Waals surface area contributed by atoms with Crippen molar-refractivity contribution < 1.29 is 28.7 Å². The van der Waals surface area contributed by atoms with Gasteiger partial charge in [0.1, 0.15) is 6.54 Å². The number of fused-ring (bicyclic) bond motifs is 1. The maximum atomic E-state index is 14.7. The predicted molar refractivity (Wildman–Crippen MR) is 160 cm³/mol. The molecule has 43 heavy (non-hydrogen) atoms. The van der Waals surface area contributed by atoms with Crippen molar-refractivity contribution >= 4 is 22.8 Å². The summed E-state index contributed by atoms with van der Waals surface area (Å²) in [5.41, 5.74) is 4.63. The number of carbonyl (C=O) groups is 2. The molecular formula is C36H32N2O5. The second kappa shape index (κ2) is 11.2. The lowest BCUT2D eigenvalue weighted by atomic mass is 9.80. The van der Waals surface area contributed by atoms with E-state index in [9.17, 15) is 14.7 Å². The predicted octanol–water partition coefficient (Wildman–Crippen LogP) is 5.37. The molecule has 2 unspecified atom stereocenters. The highest BCUT2D eigenvalue weighted by atomic mass is 16.8. The number of aryl methyl sites for hydroxylation is 1. The quantitative estimate of drug-likeness (QED) is 0.142. The van der Waals surface area contributed by atoms with Gasteiger partial charge in [-0.05, 0) is 44.0 Å². The second-order valence-electron chi connectivity index (χ2n) is 11.3. The fourth-order valence-corrected chi connectivity index (χ4v) is 5.73. The number of ketones is 1. The Hall–Kier alpha value is -5.17. The van der Waals surface area contributed by atoms with Crippen LogP contribution in [0.1, 0.15) is 52.9 Å². The molecule has 1 aromatic heterocycles. The summed E-state index contributed by atoms with van der Waals surface area (Å²) in [7, 11) is 0. The van der Waals surface area contributed by atoms with Crippen LogP contribution in [0.3, 0.4) is 0 Å². The molecule has 2 heterocycles. The van der Waals surface area contributed by atoms with Crippen LogP contribution in [0.4, 0.5) is 0 Å². The van der Waals surface area contributed by atoms with E-state index >= 15 is 0 Å². The summed E-state index contributed by atoms with van der Waals surface area (Å²) in [5, 5.41) is 13.6. The van der Waals surface area contributed by atoms with Crippen molar-refractivity contribution in [3.8, 4) is 0 Å². The van der Waals surface area contributed by atoms with Gasteiger partial charge in [-0.1, -0.05) is 103 Å². The highest BCUT2D eigenvalue weighted by molar-refractivity contribution is 6.02. The van der Waals surface area contributed by atoms with E-state index < -0.39 is 29.7 Å². The van der Waals surface area contributed by atoms with Gasteiger partial charge in [-0.2, -0.15) is 0 Å². The van der Waals surface area contributed by atoms with Gasteiger partial charge in [-0.3, -0.25) is 4.79 Å². The summed E-state index contributed by atoms with van der Waals surface area (Å²) in [5.74, 6) is -4.28. The number of hydrogen-bond acceptors (Lipinski definition) is 5. The molecule has 1 aliphatic heterocycles. The first-order chi connectivity index (χ1) is 20.7. The minimum atomic E-state index is -1.42. The number of Topliss-reactive ketones (excluding diaryl/α,β-unsaturated/α-hetero) is 1. The zero-order chi connectivity index (χ0) is 30.1. The van der Waals surface area contributed by atoms with E-state index in [2.05, 4.69) is 4.57 Å². The zero-order valence-corrected chi connectivity index (χ0v) is 24.3. The number of ether oxygens (including phenoxy) is 2. The van der Waals surface area contributed by atoms with Gasteiger partial charge in [0, 0.05) is 5.56 Å². The van der Waals surface area contributed by atoms with Crippen LogP contribution in [0, 0.1) is 6.92 Å². The minimum Gasteiger partial charge on any atom is -0.575 e. The van der Waals surface area contributed by atoms with Crippen molar-refractivity contribution in [1.82, 2.24) is 4.57 Å². The van der Waals surface area contributed by atoms with Crippen molar-refractivity contribution in [3.63, 3.8) is 0 Å². The maximum Gasteiger partial charge on any atom is 0.338 e. The van der Waals surface area contributed by atoms with Gasteiger partial charge in [0.05, 0.1) is 17.4 Å². The highest BCUT2D eigenvalue weighted by Crippen LogP contribution is 2.43. The van der Waals surface area contributed by atoms with E-state index in [1.807, 2.05) is 103 Å². The molecule has 4 aromatic carbocycles. The summed E-state index contributed by atoms with van der Waals surface area (Å²) in [6.07, 6.45) is 1.90. The summed E-state index contributed by atoms with van der Waals surface area (Å²) < 4.78 is 15.1. The average Bonchev–Trinajstić information content (AvgIpc) is 3.34. The Bertz CT molecular complexity index is 1820. The molecule has 0 N–H and O–H groups in total. The third-order valence-corrected chi connectivity index (χ3v) is 7.74. The Morgan fingerprint density at radius 3 is 2.16 bits per heavy atom. The third-order valence-electron chi connectivity index (χ3n) is 7.74. The molecule has 0 spiro atoms. The van der Waals surface area contributed by atoms with Gasteiger partial charge in [0.2, 0.25) is 12.1 Å². The lowest BCUT2D eigenvalue weighted by Gasteiger charge is -2.41. The van der Waals surface area contributed by atoms with Crippen molar-refractivity contribution in [3.05, 3.63) is 149 Å². The fourth-order valence-electron chi connectivity index (χ4n) is 5.73. The fraction of sp³-hybridized carbons (Fsp3) is 0.194. The number of hydrogen-bond donors (Lipinski definition) is 0. The first-order valence-corrected chi connectivity index (χ1v) is 14.2. The van der Waals surface area contributed by atoms with Crippen molar-refractivity contribution in [2.24, 2.45) is 0 Å². The van der Waals surface area contributed by atoms with E-state index in [0.29, 0.717) is 17.7 Å². The Kier molecular flexibility index (Phi) is 7.32. The Morgan fingerprint density at radius 1 is 0.860 bits per heavy atom. The normalized spacial score (nSPS) is 15.9. The van der Waals surface area contributed by atoms with Crippen LogP contribution in [0.25, 0.3) is 11.0 Å². The number of imidazole rings is 1. The molecule has 0 saturated heterocycles. The first kappa shape index (κ1) is 28.0. The van der Waals surface area contributed by atoms with Crippen LogP contribution in [0.15, 0.2) is 127 Å². The van der Waals surface area contributed by atoms with E-state index in [-0.39, 0.29) is 11.4 Å². The van der Waals surface area contributed by atoms with Crippen molar-refractivity contribution in [2.45, 2.75) is 45.1 Å². The van der Waals surface area contributed by atoms with E-state index in [1.165, 1.54) is 13.8 Å². The summed E-state index contributed by atoms with van der Waals surface area (Å²) in [4.78, 5) is 28.3. The van der Waals surface area contributed by atoms with Crippen LogP contribution in [-0.4, -0.2) is 22.1 Å². The number of carbonyl (C=O) groups excluding carboxylic acids is 2. The van der Waals surface area contributed by atoms with Crippen LogP contribution in [0.2, 0.25) is 0 Å². The number of benzene rings is 4. The zero-order valence-electron chi connectivity index (χ0n) is 24.3. The molecule has 0 aliphatic carbocycles. The molecule has 1 aliphatic rings. The molecule has 7 nitrogen and oxygen atoms in total. The topological polar surface area (TPSA) is 84.5 Å². The third kappa shape index (κ3) is 5.54. The molecule has 216 valence electrons. The number of aromatic nitrogens is 2. The van der Waals surface area contributed by atoms with Crippen LogP contribution in [0.5, 0.6) is 0 Å². The molecule has 0 bridgehead atoms. The number of para-hydroxylation sites is 2. The van der Waals surface area contributed by atoms with Crippen LogP contribution < -0.4 is 9.67 Å². The molecule has 0 amide bonds. The van der Waals surface area contributed by atoms with Gasteiger partial charge in [0.15, 0.2) is 22.9 Å². The van der Waals surface area contributed by atoms with E-state index in [1.54, 1.807) is 24.3 Å². The van der Waals surface area contributed by atoms with Gasteiger partial charge in [-0.15, -0.1) is 0 Å². The molecule has 0 saturated carbocycles. The first-order valence-electron chi connectivity index (χ1n) is 14.2. The SMILES string of the molecule is Cc1ccc(C(C2=C([O-])OC(C)(C)OC2=O)C(C(=O)c2ccccc2)n2c[n+](Cc3ccccc3)c3ccccc32)cc1. The second-order valence-corrected chi connectivity index (χ2v) is 11.3. The van der Waals surface area contributed by atoms with Crippen molar-refractivity contribution in [2.75, 3.05) is 0 Å².